The second kappa shape index (κ2) is 9.19. The molecular weight excluding hydrogens is 533 g/mol. The molecule has 5 rings (SSSR count). The van der Waals surface area contributed by atoms with Crippen molar-refractivity contribution in [1.82, 2.24) is 19.0 Å². The lowest BCUT2D eigenvalue weighted by Crippen LogP contribution is -2.39. The predicted octanol–water partition coefficient (Wildman–Crippen LogP) is 4.42. The van der Waals surface area contributed by atoms with Crippen LogP contribution in [0.5, 0.6) is 0 Å². The first kappa shape index (κ1) is 25.3. The van der Waals surface area contributed by atoms with E-state index in [-0.39, 0.29) is 35.4 Å². The second-order valence-electron chi connectivity index (χ2n) is 8.82. The molecule has 0 saturated carbocycles. The number of sulfonamides is 1. The Bertz CT molecular complexity index is 1570. The summed E-state index contributed by atoms with van der Waals surface area (Å²) >= 11 is 6.43. The second-order valence-corrected chi connectivity index (χ2v) is 11.0. The molecule has 4 heterocycles. The maximum absolute atomic E-state index is 13.9. The van der Waals surface area contributed by atoms with Gasteiger partial charge in [-0.15, -0.1) is 0 Å². The van der Waals surface area contributed by atoms with Gasteiger partial charge >= 0.3 is 6.18 Å². The lowest BCUT2D eigenvalue weighted by Gasteiger charge is -2.18. The van der Waals surface area contributed by atoms with Crippen LogP contribution in [0, 0.1) is 0 Å². The third-order valence-corrected chi connectivity index (χ3v) is 7.32. The average molecular weight is 553 g/mol. The Balaban J connectivity index is 1.55. The Morgan fingerprint density at radius 2 is 1.89 bits per heavy atom. The number of halogens is 4. The number of hydrogen-bond donors (Lipinski definition) is 1. The van der Waals surface area contributed by atoms with Crippen LogP contribution in [-0.2, 0) is 16.2 Å². The molecule has 1 aromatic carbocycles. The summed E-state index contributed by atoms with van der Waals surface area (Å²) in [6, 6.07) is 10.8. The van der Waals surface area contributed by atoms with E-state index in [1.807, 2.05) is 18.2 Å². The van der Waals surface area contributed by atoms with Crippen molar-refractivity contribution >= 4 is 33.2 Å². The lowest BCUT2D eigenvalue weighted by molar-refractivity contribution is -0.136. The zero-order valence-corrected chi connectivity index (χ0v) is 20.8. The molecule has 1 aliphatic rings. The van der Waals surface area contributed by atoms with Crippen molar-refractivity contribution in [3.63, 3.8) is 0 Å². The highest BCUT2D eigenvalue weighted by Gasteiger charge is 2.40. The summed E-state index contributed by atoms with van der Waals surface area (Å²) < 4.78 is 74.4. The zero-order valence-electron chi connectivity index (χ0n) is 19.2. The predicted molar refractivity (Wildman–Crippen MR) is 130 cm³/mol. The molecule has 0 bridgehead atoms. The molecule has 3 aromatic heterocycles. The van der Waals surface area contributed by atoms with Gasteiger partial charge in [0.1, 0.15) is 5.15 Å². The number of imidazole rings is 1. The molecule has 0 spiro atoms. The van der Waals surface area contributed by atoms with Gasteiger partial charge in [0.15, 0.2) is 11.3 Å². The molecule has 194 valence electrons. The van der Waals surface area contributed by atoms with Gasteiger partial charge in [-0.2, -0.15) is 13.2 Å². The van der Waals surface area contributed by atoms with Crippen LogP contribution in [0.1, 0.15) is 27.5 Å². The van der Waals surface area contributed by atoms with E-state index in [2.05, 4.69) is 9.71 Å². The number of carbonyl (C=O) groups excluding carboxylic acids is 1. The highest BCUT2D eigenvalue weighted by molar-refractivity contribution is 7.88. The number of nitrogens with one attached hydrogen (secondary N) is 1. The van der Waals surface area contributed by atoms with E-state index in [0.717, 1.165) is 22.3 Å². The van der Waals surface area contributed by atoms with Crippen LogP contribution in [0.2, 0.25) is 5.15 Å². The van der Waals surface area contributed by atoms with E-state index in [0.29, 0.717) is 5.56 Å². The normalized spacial score (nSPS) is 18.6. The van der Waals surface area contributed by atoms with E-state index >= 15 is 0 Å². The summed E-state index contributed by atoms with van der Waals surface area (Å²) in [6.45, 7) is 0.106. The largest absolute Gasteiger partial charge is 0.472 e. The molecule has 1 saturated heterocycles. The number of nitrogens with zero attached hydrogens (tertiary/aromatic N) is 3. The molecule has 0 aliphatic carbocycles. The lowest BCUT2D eigenvalue weighted by atomic mass is 9.95. The van der Waals surface area contributed by atoms with Crippen molar-refractivity contribution in [2.24, 2.45) is 0 Å². The van der Waals surface area contributed by atoms with Crippen molar-refractivity contribution < 1.29 is 30.8 Å². The number of fused-ring (bicyclic) bond motifs is 1. The molecule has 0 radical (unpaired) electrons. The number of furan rings is 1. The Kier molecular flexibility index (Phi) is 6.29. The molecule has 1 amide bonds. The summed E-state index contributed by atoms with van der Waals surface area (Å²) in [5, 5.41) is -0.286. The molecule has 4 aromatic rings. The number of benzene rings is 1. The van der Waals surface area contributed by atoms with E-state index in [4.69, 9.17) is 16.0 Å². The van der Waals surface area contributed by atoms with E-state index in [9.17, 15) is 26.4 Å². The number of amides is 1. The molecule has 1 aliphatic heterocycles. The fourth-order valence-corrected chi connectivity index (χ4v) is 5.64. The highest BCUT2D eigenvalue weighted by atomic mass is 35.5. The van der Waals surface area contributed by atoms with Crippen LogP contribution in [0.25, 0.3) is 16.8 Å². The molecule has 13 heteroatoms. The monoisotopic (exact) mass is 552 g/mol. The summed E-state index contributed by atoms with van der Waals surface area (Å²) in [5.74, 6) is -1.08. The Morgan fingerprint density at radius 3 is 2.51 bits per heavy atom. The third-order valence-electron chi connectivity index (χ3n) is 6.22. The Hall–Kier alpha value is -3.35. The molecule has 8 nitrogen and oxygen atoms in total. The van der Waals surface area contributed by atoms with E-state index in [1.54, 1.807) is 12.1 Å². The summed E-state index contributed by atoms with van der Waals surface area (Å²) in [6.07, 6.45) is 0.226. The minimum absolute atomic E-state index is 0.0118. The number of rotatable bonds is 5. The van der Waals surface area contributed by atoms with E-state index < -0.39 is 39.4 Å². The van der Waals surface area contributed by atoms with Gasteiger partial charge in [0, 0.05) is 42.4 Å². The minimum atomic E-state index is -4.77. The summed E-state index contributed by atoms with van der Waals surface area (Å²) in [5.41, 5.74) is -0.558. The van der Waals surface area contributed by atoms with Crippen molar-refractivity contribution in [3.05, 3.63) is 83.2 Å². The number of alkyl halides is 3. The zero-order chi connectivity index (χ0) is 26.5. The molecule has 2 atom stereocenters. The Labute approximate surface area is 214 Å². The van der Waals surface area contributed by atoms with Gasteiger partial charge in [-0.05, 0) is 17.7 Å². The van der Waals surface area contributed by atoms with Gasteiger partial charge in [-0.25, -0.2) is 18.1 Å². The molecule has 1 N–H and O–H groups in total. The number of aromatic nitrogens is 2. The molecule has 2 unspecified atom stereocenters. The van der Waals surface area contributed by atoms with Crippen LogP contribution in [-0.4, -0.2) is 54.0 Å². The van der Waals surface area contributed by atoms with Gasteiger partial charge in [-0.1, -0.05) is 41.9 Å². The van der Waals surface area contributed by atoms with Crippen LogP contribution in [0.3, 0.4) is 0 Å². The van der Waals surface area contributed by atoms with Crippen molar-refractivity contribution in [2.45, 2.75) is 18.1 Å². The molecule has 37 heavy (non-hydrogen) atoms. The van der Waals surface area contributed by atoms with Crippen LogP contribution in [0.4, 0.5) is 13.2 Å². The topological polar surface area (TPSA) is 96.9 Å². The number of hydrogen-bond acceptors (Lipinski definition) is 5. The molecular formula is C24H20ClF3N4O4S. The standard InChI is InChI=1S/C24H20ClF3N4O4S/c1-37(34,35)30-19-12-31(11-17(19)14-5-3-2-4-6-14)23(33)20-21(25)32-10-16(15-7-8-36-13-15)9-18(22(32)29-20)24(26,27)28/h2-10,13,17,19,30H,11-12H2,1H3. The first-order valence-electron chi connectivity index (χ1n) is 11.1. The van der Waals surface area contributed by atoms with Crippen LogP contribution >= 0.6 is 11.6 Å². The van der Waals surface area contributed by atoms with Crippen LogP contribution in [0.15, 0.2) is 65.6 Å². The smallest absolute Gasteiger partial charge is 0.420 e. The maximum Gasteiger partial charge on any atom is 0.420 e. The first-order chi connectivity index (χ1) is 17.4. The van der Waals surface area contributed by atoms with Crippen molar-refractivity contribution in [2.75, 3.05) is 19.3 Å². The average Bonchev–Trinajstić information content (AvgIpc) is 3.57. The number of carbonyl (C=O) groups is 1. The number of likely N-dealkylation sites (tertiary alicyclic amines) is 1. The maximum atomic E-state index is 13.9. The van der Waals surface area contributed by atoms with Gasteiger partial charge in [0.2, 0.25) is 10.0 Å². The van der Waals surface area contributed by atoms with Crippen molar-refractivity contribution in [1.29, 1.82) is 0 Å². The fraction of sp³-hybridized carbons (Fsp3) is 0.250. The fourth-order valence-electron chi connectivity index (χ4n) is 4.60. The minimum Gasteiger partial charge on any atom is -0.472 e. The van der Waals surface area contributed by atoms with E-state index in [1.165, 1.54) is 29.7 Å². The van der Waals surface area contributed by atoms with Crippen molar-refractivity contribution in [3.8, 4) is 11.1 Å². The third kappa shape index (κ3) is 4.96. The number of pyridine rings is 1. The van der Waals surface area contributed by atoms with Gasteiger partial charge in [0.25, 0.3) is 5.91 Å². The summed E-state index contributed by atoms with van der Waals surface area (Å²) in [7, 11) is -3.61. The van der Waals surface area contributed by atoms with Gasteiger partial charge < -0.3 is 9.32 Å². The SMILES string of the molecule is CS(=O)(=O)NC1CN(C(=O)c2nc3c(C(F)(F)F)cc(-c4ccoc4)cn3c2Cl)CC1c1ccccc1. The van der Waals surface area contributed by atoms with Gasteiger partial charge in [0.05, 0.1) is 24.3 Å². The quantitative estimate of drug-likeness (QED) is 0.395. The Morgan fingerprint density at radius 1 is 1.16 bits per heavy atom. The molecule has 1 fully saturated rings. The van der Waals surface area contributed by atoms with Crippen LogP contribution < -0.4 is 4.72 Å². The van der Waals surface area contributed by atoms with Gasteiger partial charge in [-0.3, -0.25) is 9.20 Å². The first-order valence-corrected chi connectivity index (χ1v) is 13.3. The summed E-state index contributed by atoms with van der Waals surface area (Å²) in [4.78, 5) is 18.8. The highest BCUT2D eigenvalue weighted by Crippen LogP contribution is 2.38.